The lowest BCUT2D eigenvalue weighted by Crippen LogP contribution is -2.54. The molecule has 40 heavy (non-hydrogen) atoms. The Bertz CT molecular complexity index is 1490. The fourth-order valence-electron chi connectivity index (χ4n) is 7.59. The van der Waals surface area contributed by atoms with E-state index < -0.39 is 29.1 Å². The molecular weight excluding hydrogens is 621 g/mol. The summed E-state index contributed by atoms with van der Waals surface area (Å²) >= 11 is 2.18. The van der Waals surface area contributed by atoms with Crippen molar-refractivity contribution < 1.29 is 29.0 Å². The Kier molecular flexibility index (Phi) is 6.81. The summed E-state index contributed by atoms with van der Waals surface area (Å²) in [5.41, 5.74) is 1.56. The Balaban J connectivity index is 1.50. The molecule has 1 saturated carbocycles. The number of aliphatic hydroxyl groups is 1. The van der Waals surface area contributed by atoms with Gasteiger partial charge in [0, 0.05) is 21.0 Å². The van der Waals surface area contributed by atoms with Crippen molar-refractivity contribution in [1.29, 1.82) is 0 Å². The lowest BCUT2D eigenvalue weighted by atomic mass is 9.47. The van der Waals surface area contributed by atoms with Crippen molar-refractivity contribution in [2.75, 3.05) is 18.1 Å². The summed E-state index contributed by atoms with van der Waals surface area (Å²) in [6, 6.07) is 14.7. The van der Waals surface area contributed by atoms with Gasteiger partial charge in [-0.15, -0.1) is 0 Å². The third kappa shape index (κ3) is 3.94. The molecular formula is C32H30INO6. The molecule has 4 aliphatic rings. The third-order valence-corrected chi connectivity index (χ3v) is 10.0. The van der Waals surface area contributed by atoms with E-state index in [2.05, 4.69) is 22.6 Å². The monoisotopic (exact) mass is 651 g/mol. The number of ether oxygens (including phenoxy) is 1. The van der Waals surface area contributed by atoms with Crippen LogP contribution in [0.3, 0.4) is 0 Å². The van der Waals surface area contributed by atoms with Gasteiger partial charge in [-0.25, -0.2) is 0 Å². The number of carbonyl (C=O) groups is 4. The lowest BCUT2D eigenvalue weighted by molar-refractivity contribution is -0.141. The number of anilines is 1. The summed E-state index contributed by atoms with van der Waals surface area (Å²) < 4.78 is 6.93. The zero-order valence-electron chi connectivity index (χ0n) is 22.3. The van der Waals surface area contributed by atoms with Crippen molar-refractivity contribution in [2.24, 2.45) is 29.1 Å². The minimum atomic E-state index is -1.08. The maximum atomic E-state index is 14.0. The van der Waals surface area contributed by atoms with Gasteiger partial charge in [0.25, 0.3) is 0 Å². The molecule has 8 heteroatoms. The van der Waals surface area contributed by atoms with Crippen LogP contribution in [0.15, 0.2) is 71.8 Å². The smallest absolute Gasteiger partial charge is 0.238 e. The first kappa shape index (κ1) is 27.1. The van der Waals surface area contributed by atoms with Gasteiger partial charge in [-0.2, -0.15) is 0 Å². The van der Waals surface area contributed by atoms with Gasteiger partial charge in [-0.3, -0.25) is 24.1 Å². The van der Waals surface area contributed by atoms with Gasteiger partial charge in [-0.1, -0.05) is 36.8 Å². The molecule has 6 atom stereocenters. The predicted octanol–water partition coefficient (Wildman–Crippen LogP) is 4.62. The number of hydrogen-bond donors (Lipinski definition) is 1. The number of Topliss-reactive ketones (excluding diaryl/α,β-unsaturated/α-hetero) is 1. The number of rotatable bonds is 5. The topological polar surface area (TPSA) is 101 Å². The van der Waals surface area contributed by atoms with Gasteiger partial charge in [0.15, 0.2) is 11.6 Å². The molecule has 0 bridgehead atoms. The Morgan fingerprint density at radius 2 is 1.75 bits per heavy atom. The zero-order chi connectivity index (χ0) is 28.3. The molecule has 2 amide bonds. The highest BCUT2D eigenvalue weighted by Gasteiger charge is 2.63. The van der Waals surface area contributed by atoms with E-state index in [0.717, 1.165) is 14.7 Å². The van der Waals surface area contributed by atoms with Crippen LogP contribution in [0.25, 0.3) is 0 Å². The van der Waals surface area contributed by atoms with Gasteiger partial charge in [-0.05, 0) is 90.3 Å². The maximum Gasteiger partial charge on any atom is 0.238 e. The van der Waals surface area contributed by atoms with Crippen LogP contribution in [0.2, 0.25) is 0 Å². The average Bonchev–Trinajstić information content (AvgIpc) is 3.20. The van der Waals surface area contributed by atoms with E-state index in [1.807, 2.05) is 43.3 Å². The molecule has 1 N–H and O–H groups in total. The number of nitrogens with zero attached hydrogens (tertiary/aromatic N) is 1. The van der Waals surface area contributed by atoms with E-state index in [-0.39, 0.29) is 42.5 Å². The molecule has 0 aromatic heterocycles. The number of amides is 2. The van der Waals surface area contributed by atoms with E-state index in [1.54, 1.807) is 25.1 Å². The first-order valence-corrected chi connectivity index (χ1v) is 14.7. The van der Waals surface area contributed by atoms with Gasteiger partial charge >= 0.3 is 0 Å². The molecule has 0 spiro atoms. The summed E-state index contributed by atoms with van der Waals surface area (Å²) in [5, 5.41) is 9.44. The molecule has 3 aliphatic carbocycles. The molecule has 1 heterocycles. The molecule has 2 fully saturated rings. The van der Waals surface area contributed by atoms with Gasteiger partial charge in [0.1, 0.15) is 12.4 Å². The largest absolute Gasteiger partial charge is 0.491 e. The van der Waals surface area contributed by atoms with E-state index in [9.17, 15) is 24.3 Å². The van der Waals surface area contributed by atoms with Crippen LogP contribution >= 0.6 is 22.6 Å². The van der Waals surface area contributed by atoms with Crippen LogP contribution in [0.4, 0.5) is 5.69 Å². The summed E-state index contributed by atoms with van der Waals surface area (Å²) in [5.74, 6) is -2.81. The van der Waals surface area contributed by atoms with Crippen molar-refractivity contribution in [3.63, 3.8) is 0 Å². The number of fused-ring (bicyclic) bond motifs is 4. The van der Waals surface area contributed by atoms with Crippen LogP contribution in [0.1, 0.15) is 38.2 Å². The first-order chi connectivity index (χ1) is 19.2. The molecule has 0 radical (unpaired) electrons. The van der Waals surface area contributed by atoms with Crippen molar-refractivity contribution in [3.05, 3.63) is 81.0 Å². The summed E-state index contributed by atoms with van der Waals surface area (Å²) in [6.45, 7) is 3.46. The minimum absolute atomic E-state index is 0.0841. The Labute approximate surface area is 246 Å². The van der Waals surface area contributed by atoms with Crippen LogP contribution in [0.5, 0.6) is 5.75 Å². The summed E-state index contributed by atoms with van der Waals surface area (Å²) in [7, 11) is 0. The number of ketones is 2. The summed E-state index contributed by atoms with van der Waals surface area (Å²) in [6.07, 6.45) is 4.19. The standard InChI is InChI=1S/C32H30INO6/c1-17-15-25(36)24-16-23-20(28(32(24,2)29(17)37)21-5-3-4-6-26(21)40-14-13-35)11-12-22-27(23)31(39)34(30(22)38)19-9-7-18(33)8-10-19/h3-11,15,22-24,27-28,35H,12-14,16H2,1-2H3/t22-,23+,24-,27-,28+,32+/m0/s1. The van der Waals surface area contributed by atoms with E-state index in [1.165, 1.54) is 11.0 Å². The number of carbonyl (C=O) groups excluding carboxylic acids is 4. The fraction of sp³-hybridized carbons (Fsp3) is 0.375. The number of imide groups is 1. The quantitative estimate of drug-likeness (QED) is 0.288. The van der Waals surface area contributed by atoms with Crippen molar-refractivity contribution in [3.8, 4) is 5.75 Å². The molecule has 2 aromatic carbocycles. The molecule has 6 rings (SSSR count). The second-order valence-electron chi connectivity index (χ2n) is 11.3. The number of allylic oxidation sites excluding steroid dienone is 4. The number of halogens is 1. The minimum Gasteiger partial charge on any atom is -0.491 e. The highest BCUT2D eigenvalue weighted by Crippen LogP contribution is 2.63. The van der Waals surface area contributed by atoms with Crippen LogP contribution in [-0.2, 0) is 19.2 Å². The second-order valence-corrected chi connectivity index (χ2v) is 12.6. The highest BCUT2D eigenvalue weighted by molar-refractivity contribution is 14.1. The first-order valence-electron chi connectivity index (χ1n) is 13.6. The van der Waals surface area contributed by atoms with E-state index >= 15 is 0 Å². The highest BCUT2D eigenvalue weighted by atomic mass is 127. The Morgan fingerprint density at radius 1 is 1.02 bits per heavy atom. The van der Waals surface area contributed by atoms with Crippen LogP contribution in [-0.4, -0.2) is 41.7 Å². The lowest BCUT2D eigenvalue weighted by Gasteiger charge is -2.53. The van der Waals surface area contributed by atoms with Crippen molar-refractivity contribution >= 4 is 51.7 Å². The summed E-state index contributed by atoms with van der Waals surface area (Å²) in [4.78, 5) is 56.5. The van der Waals surface area contributed by atoms with Gasteiger partial charge in [0.05, 0.1) is 29.5 Å². The number of benzene rings is 2. The zero-order valence-corrected chi connectivity index (χ0v) is 24.5. The Morgan fingerprint density at radius 3 is 2.48 bits per heavy atom. The molecule has 1 saturated heterocycles. The maximum absolute atomic E-state index is 14.0. The van der Waals surface area contributed by atoms with Gasteiger partial charge in [0.2, 0.25) is 11.8 Å². The Hall–Kier alpha value is -3.11. The third-order valence-electron chi connectivity index (χ3n) is 9.31. The molecule has 2 aromatic rings. The second kappa shape index (κ2) is 10.1. The number of para-hydroxylation sites is 1. The predicted molar refractivity (Wildman–Crippen MR) is 157 cm³/mol. The van der Waals surface area contributed by atoms with E-state index in [0.29, 0.717) is 29.9 Å². The molecule has 1 aliphatic heterocycles. The molecule has 7 nitrogen and oxygen atoms in total. The van der Waals surface area contributed by atoms with Crippen LogP contribution < -0.4 is 9.64 Å². The average molecular weight is 651 g/mol. The van der Waals surface area contributed by atoms with E-state index in [4.69, 9.17) is 4.74 Å². The van der Waals surface area contributed by atoms with Gasteiger partial charge < -0.3 is 9.84 Å². The van der Waals surface area contributed by atoms with Crippen molar-refractivity contribution in [2.45, 2.75) is 32.6 Å². The van der Waals surface area contributed by atoms with Crippen molar-refractivity contribution in [1.82, 2.24) is 0 Å². The normalized spacial score (nSPS) is 31.3. The SMILES string of the molecule is CC1=CC(=O)[C@@H]2C[C@@H]3C(=CC[C@@H]4C(=O)N(c5ccc(I)cc5)C(=O)[C@@H]43)[C@H](c3ccccc3OCCO)[C@]2(C)C1=O. The molecule has 206 valence electrons. The molecule has 0 unspecified atom stereocenters. The number of aliphatic hydroxyl groups excluding tert-OH is 1. The fourth-order valence-corrected chi connectivity index (χ4v) is 7.95. The number of hydrogen-bond acceptors (Lipinski definition) is 6. The van der Waals surface area contributed by atoms with Crippen LogP contribution in [0, 0.1) is 32.7 Å².